The lowest BCUT2D eigenvalue weighted by Crippen LogP contribution is -2.36. The Morgan fingerprint density at radius 2 is 1.88 bits per heavy atom. The molecule has 7 heteroatoms. The standard InChI is InChI=1S/C27H32N2O5/c1-5-26(30)29(17-22-10-7-11-34-22)16-20-12-19-14-24(32-3)25(33-4)15-23(19)28-27(20)18-8-6-9-21(13-18)31-2/h6,8-9,12-15,22H,5,7,10-11,16-17H2,1-4H3/t22-/m0/s1. The molecular formula is C27H32N2O5. The summed E-state index contributed by atoms with van der Waals surface area (Å²) in [6, 6.07) is 13.7. The van der Waals surface area contributed by atoms with E-state index < -0.39 is 0 Å². The summed E-state index contributed by atoms with van der Waals surface area (Å²) in [6.45, 7) is 3.67. The van der Waals surface area contributed by atoms with Gasteiger partial charge in [-0.15, -0.1) is 0 Å². The molecule has 1 amide bonds. The van der Waals surface area contributed by atoms with Gasteiger partial charge in [-0.05, 0) is 42.7 Å². The fourth-order valence-corrected chi connectivity index (χ4v) is 4.40. The second-order valence-corrected chi connectivity index (χ2v) is 8.39. The minimum atomic E-state index is 0.0774. The van der Waals surface area contributed by atoms with Gasteiger partial charge in [0.25, 0.3) is 0 Å². The van der Waals surface area contributed by atoms with Crippen LogP contribution < -0.4 is 14.2 Å². The number of nitrogens with zero attached hydrogens (tertiary/aromatic N) is 2. The maximum Gasteiger partial charge on any atom is 0.222 e. The van der Waals surface area contributed by atoms with Crippen molar-refractivity contribution in [2.24, 2.45) is 0 Å². The third kappa shape index (κ3) is 5.09. The van der Waals surface area contributed by atoms with Gasteiger partial charge < -0.3 is 23.8 Å². The monoisotopic (exact) mass is 464 g/mol. The molecule has 180 valence electrons. The van der Waals surface area contributed by atoms with Crippen LogP contribution in [0.5, 0.6) is 17.2 Å². The summed E-state index contributed by atoms with van der Waals surface area (Å²) in [5.74, 6) is 2.10. The molecule has 2 heterocycles. The predicted molar refractivity (Wildman–Crippen MR) is 132 cm³/mol. The van der Waals surface area contributed by atoms with Gasteiger partial charge in [-0.2, -0.15) is 0 Å². The smallest absolute Gasteiger partial charge is 0.222 e. The fraction of sp³-hybridized carbons (Fsp3) is 0.407. The van der Waals surface area contributed by atoms with Gasteiger partial charge in [-0.1, -0.05) is 19.1 Å². The zero-order valence-electron chi connectivity index (χ0n) is 20.3. The van der Waals surface area contributed by atoms with E-state index in [0.717, 1.165) is 52.9 Å². The van der Waals surface area contributed by atoms with Gasteiger partial charge in [0, 0.05) is 43.1 Å². The summed E-state index contributed by atoms with van der Waals surface area (Å²) >= 11 is 0. The molecule has 2 aromatic carbocycles. The van der Waals surface area contributed by atoms with Crippen molar-refractivity contribution in [1.29, 1.82) is 0 Å². The average molecular weight is 465 g/mol. The van der Waals surface area contributed by atoms with E-state index in [1.54, 1.807) is 21.3 Å². The highest BCUT2D eigenvalue weighted by Crippen LogP contribution is 2.35. The molecule has 1 saturated heterocycles. The van der Waals surface area contributed by atoms with Gasteiger partial charge in [0.15, 0.2) is 11.5 Å². The molecule has 4 rings (SSSR count). The van der Waals surface area contributed by atoms with Crippen molar-refractivity contribution in [3.63, 3.8) is 0 Å². The maximum absolute atomic E-state index is 12.9. The Kier molecular flexibility index (Phi) is 7.53. The molecule has 0 saturated carbocycles. The number of fused-ring (bicyclic) bond motifs is 1. The highest BCUT2D eigenvalue weighted by Gasteiger charge is 2.24. The molecule has 0 radical (unpaired) electrons. The Labute approximate surface area is 200 Å². The number of hydrogen-bond donors (Lipinski definition) is 0. The number of ether oxygens (including phenoxy) is 4. The van der Waals surface area contributed by atoms with E-state index in [1.165, 1.54) is 0 Å². The van der Waals surface area contributed by atoms with Crippen molar-refractivity contribution in [2.75, 3.05) is 34.5 Å². The van der Waals surface area contributed by atoms with Crippen LogP contribution in [0.4, 0.5) is 0 Å². The number of methoxy groups -OCH3 is 3. The Bertz CT molecular complexity index is 1160. The molecule has 1 aromatic heterocycles. The van der Waals surface area contributed by atoms with Crippen LogP contribution in [-0.4, -0.2) is 56.4 Å². The van der Waals surface area contributed by atoms with Gasteiger partial charge in [-0.3, -0.25) is 4.79 Å². The first-order valence-corrected chi connectivity index (χ1v) is 11.7. The molecule has 1 fully saturated rings. The van der Waals surface area contributed by atoms with E-state index in [0.29, 0.717) is 31.0 Å². The Morgan fingerprint density at radius 1 is 1.09 bits per heavy atom. The molecule has 0 spiro atoms. The van der Waals surface area contributed by atoms with Crippen LogP contribution in [0.3, 0.4) is 0 Å². The van der Waals surface area contributed by atoms with Gasteiger partial charge in [0.1, 0.15) is 5.75 Å². The molecular weight excluding hydrogens is 432 g/mol. The van der Waals surface area contributed by atoms with E-state index in [2.05, 4.69) is 6.07 Å². The molecule has 7 nitrogen and oxygen atoms in total. The predicted octanol–water partition coefficient (Wildman–Crippen LogP) is 4.85. The minimum Gasteiger partial charge on any atom is -0.497 e. The summed E-state index contributed by atoms with van der Waals surface area (Å²) in [7, 11) is 4.88. The molecule has 0 unspecified atom stereocenters. The molecule has 0 aliphatic carbocycles. The maximum atomic E-state index is 12.9. The Morgan fingerprint density at radius 3 is 2.56 bits per heavy atom. The van der Waals surface area contributed by atoms with Crippen LogP contribution in [0.2, 0.25) is 0 Å². The van der Waals surface area contributed by atoms with Crippen molar-refractivity contribution in [3.8, 4) is 28.5 Å². The summed E-state index contributed by atoms with van der Waals surface area (Å²) < 4.78 is 22.3. The molecule has 0 N–H and O–H groups in total. The lowest BCUT2D eigenvalue weighted by molar-refractivity contribution is -0.133. The largest absolute Gasteiger partial charge is 0.497 e. The van der Waals surface area contributed by atoms with Crippen LogP contribution in [0.1, 0.15) is 31.7 Å². The third-order valence-corrected chi connectivity index (χ3v) is 6.21. The van der Waals surface area contributed by atoms with Gasteiger partial charge in [-0.25, -0.2) is 4.98 Å². The average Bonchev–Trinajstić information content (AvgIpc) is 3.39. The number of rotatable bonds is 9. The first-order valence-electron chi connectivity index (χ1n) is 11.7. The van der Waals surface area contributed by atoms with Gasteiger partial charge in [0.05, 0.1) is 38.6 Å². The second-order valence-electron chi connectivity index (χ2n) is 8.39. The summed E-state index contributed by atoms with van der Waals surface area (Å²) in [5, 5.41) is 0.917. The fourth-order valence-electron chi connectivity index (χ4n) is 4.40. The van der Waals surface area contributed by atoms with E-state index >= 15 is 0 Å². The van der Waals surface area contributed by atoms with Crippen molar-refractivity contribution in [2.45, 2.75) is 38.8 Å². The van der Waals surface area contributed by atoms with Crippen LogP contribution >= 0.6 is 0 Å². The van der Waals surface area contributed by atoms with Crippen molar-refractivity contribution < 1.29 is 23.7 Å². The second kappa shape index (κ2) is 10.7. The highest BCUT2D eigenvalue weighted by atomic mass is 16.5. The zero-order chi connectivity index (χ0) is 24.1. The van der Waals surface area contributed by atoms with Gasteiger partial charge in [0.2, 0.25) is 5.91 Å². The summed E-state index contributed by atoms with van der Waals surface area (Å²) in [4.78, 5) is 19.8. The van der Waals surface area contributed by atoms with Gasteiger partial charge >= 0.3 is 0 Å². The molecule has 0 bridgehead atoms. The molecule has 1 aliphatic rings. The number of aromatic nitrogens is 1. The lowest BCUT2D eigenvalue weighted by atomic mass is 10.0. The molecule has 34 heavy (non-hydrogen) atoms. The highest BCUT2D eigenvalue weighted by molar-refractivity contribution is 5.87. The van der Waals surface area contributed by atoms with Crippen LogP contribution in [0.25, 0.3) is 22.2 Å². The van der Waals surface area contributed by atoms with E-state index in [4.69, 9.17) is 23.9 Å². The minimum absolute atomic E-state index is 0.0774. The zero-order valence-corrected chi connectivity index (χ0v) is 20.3. The van der Waals surface area contributed by atoms with Crippen LogP contribution in [0.15, 0.2) is 42.5 Å². The van der Waals surface area contributed by atoms with E-state index in [-0.39, 0.29) is 12.0 Å². The van der Waals surface area contributed by atoms with E-state index in [9.17, 15) is 4.79 Å². The normalized spacial score (nSPS) is 15.4. The third-order valence-electron chi connectivity index (χ3n) is 6.21. The number of pyridine rings is 1. The molecule has 1 aliphatic heterocycles. The van der Waals surface area contributed by atoms with Crippen LogP contribution in [0, 0.1) is 0 Å². The van der Waals surface area contributed by atoms with Crippen molar-refractivity contribution >= 4 is 16.8 Å². The first kappa shape index (κ1) is 23.8. The molecule has 3 aromatic rings. The lowest BCUT2D eigenvalue weighted by Gasteiger charge is -2.26. The van der Waals surface area contributed by atoms with Crippen molar-refractivity contribution in [3.05, 3.63) is 48.0 Å². The first-order chi connectivity index (χ1) is 16.6. The summed E-state index contributed by atoms with van der Waals surface area (Å²) in [5.41, 5.74) is 3.46. The quantitative estimate of drug-likeness (QED) is 0.451. The Hall–Kier alpha value is -3.32. The number of hydrogen-bond acceptors (Lipinski definition) is 6. The summed E-state index contributed by atoms with van der Waals surface area (Å²) in [6.07, 6.45) is 2.53. The number of carbonyl (C=O) groups excluding carboxylic acids is 1. The number of carbonyl (C=O) groups is 1. The number of benzene rings is 2. The topological polar surface area (TPSA) is 70.1 Å². The molecule has 1 atom stereocenters. The SMILES string of the molecule is CCC(=O)N(Cc1cc2cc(OC)c(OC)cc2nc1-c1cccc(OC)c1)C[C@@H]1CCCO1. The Balaban J connectivity index is 1.83. The number of amides is 1. The van der Waals surface area contributed by atoms with Crippen molar-refractivity contribution in [1.82, 2.24) is 9.88 Å². The van der Waals surface area contributed by atoms with Crippen LogP contribution in [-0.2, 0) is 16.1 Å². The van der Waals surface area contributed by atoms with E-state index in [1.807, 2.05) is 48.2 Å².